The first kappa shape index (κ1) is 20.4. The lowest BCUT2D eigenvalue weighted by molar-refractivity contribution is -0.385. The number of nitrogens with one attached hydrogen (secondary N) is 1. The highest BCUT2D eigenvalue weighted by Gasteiger charge is 2.20. The minimum atomic E-state index is -4.27. The Labute approximate surface area is 170 Å². The molecule has 0 aliphatic carbocycles. The molecular formula is C18H15N3O6S2. The smallest absolute Gasteiger partial charge is 0.339 e. The number of rotatable bonds is 6. The number of nitro benzene ring substituents is 1. The molecule has 1 amide bonds. The third-order valence-corrected chi connectivity index (χ3v) is 6.12. The molecule has 0 atom stereocenters. The Balaban J connectivity index is 1.73. The van der Waals surface area contributed by atoms with Crippen molar-refractivity contribution in [2.45, 2.75) is 18.7 Å². The van der Waals surface area contributed by atoms with Gasteiger partial charge in [-0.15, -0.1) is 11.3 Å². The number of amides is 1. The summed E-state index contributed by atoms with van der Waals surface area (Å²) in [6, 6.07) is 9.99. The number of non-ortho nitro benzene ring substituents is 1. The van der Waals surface area contributed by atoms with E-state index in [0.717, 1.165) is 16.6 Å². The Bertz CT molecular complexity index is 1170. The Morgan fingerprint density at radius 1 is 1.17 bits per heavy atom. The van der Waals surface area contributed by atoms with Gasteiger partial charge in [0, 0.05) is 22.6 Å². The summed E-state index contributed by atoms with van der Waals surface area (Å²) < 4.78 is 29.7. The highest BCUT2D eigenvalue weighted by Crippen LogP contribution is 2.24. The van der Waals surface area contributed by atoms with Crippen LogP contribution >= 0.6 is 11.3 Å². The monoisotopic (exact) mass is 433 g/mol. The highest BCUT2D eigenvalue weighted by molar-refractivity contribution is 7.87. The molecule has 0 aliphatic heterocycles. The highest BCUT2D eigenvalue weighted by atomic mass is 32.2. The fraction of sp³-hybridized carbons (Fsp3) is 0.111. The van der Waals surface area contributed by atoms with E-state index in [1.54, 1.807) is 0 Å². The van der Waals surface area contributed by atoms with Crippen LogP contribution in [0, 0.1) is 24.0 Å². The van der Waals surface area contributed by atoms with Crippen molar-refractivity contribution in [2.24, 2.45) is 0 Å². The van der Waals surface area contributed by atoms with Gasteiger partial charge in [-0.1, -0.05) is 6.07 Å². The van der Waals surface area contributed by atoms with E-state index in [0.29, 0.717) is 5.13 Å². The molecule has 11 heteroatoms. The third kappa shape index (κ3) is 4.76. The van der Waals surface area contributed by atoms with Crippen molar-refractivity contribution in [3.8, 4) is 5.75 Å². The molecule has 1 heterocycles. The van der Waals surface area contributed by atoms with E-state index in [1.807, 2.05) is 13.8 Å². The van der Waals surface area contributed by atoms with Crippen LogP contribution in [-0.4, -0.2) is 24.2 Å². The van der Waals surface area contributed by atoms with Crippen molar-refractivity contribution in [2.75, 3.05) is 5.32 Å². The molecule has 0 radical (unpaired) electrons. The van der Waals surface area contributed by atoms with Gasteiger partial charge in [0.1, 0.15) is 10.6 Å². The number of anilines is 1. The summed E-state index contributed by atoms with van der Waals surface area (Å²) in [5.41, 5.74) is 0.755. The van der Waals surface area contributed by atoms with Gasteiger partial charge in [0.25, 0.3) is 11.6 Å². The fourth-order valence-corrected chi connectivity index (χ4v) is 4.07. The van der Waals surface area contributed by atoms with E-state index >= 15 is 0 Å². The number of aromatic nitrogens is 1. The summed E-state index contributed by atoms with van der Waals surface area (Å²) in [4.78, 5) is 27.3. The van der Waals surface area contributed by atoms with Crippen molar-refractivity contribution < 1.29 is 22.3 Å². The molecule has 0 unspecified atom stereocenters. The maximum absolute atomic E-state index is 12.3. The van der Waals surface area contributed by atoms with E-state index in [-0.39, 0.29) is 21.9 Å². The summed E-state index contributed by atoms with van der Waals surface area (Å²) in [7, 11) is -4.27. The first-order valence-electron chi connectivity index (χ1n) is 8.20. The Morgan fingerprint density at radius 3 is 2.45 bits per heavy atom. The molecule has 2 aromatic carbocycles. The molecule has 0 saturated heterocycles. The Hall–Kier alpha value is -3.31. The number of nitrogens with zero attached hydrogens (tertiary/aromatic N) is 2. The molecule has 0 aliphatic rings. The molecule has 0 bridgehead atoms. The first-order valence-corrected chi connectivity index (χ1v) is 10.4. The number of carbonyl (C=O) groups excluding carboxylic acids is 1. The summed E-state index contributed by atoms with van der Waals surface area (Å²) in [5.74, 6) is -0.430. The van der Waals surface area contributed by atoms with Gasteiger partial charge >= 0.3 is 10.1 Å². The standard InChI is InChI=1S/C18H15N3O6S2/c1-11-12(2)28-18(19-11)20-17(22)13-6-8-15(9-7-13)27-29(25,26)16-5-3-4-14(10-16)21(23)24/h3-10H,1-2H3,(H,19,20,22). The van der Waals surface area contributed by atoms with Gasteiger partial charge in [-0.2, -0.15) is 8.42 Å². The van der Waals surface area contributed by atoms with Crippen LogP contribution in [0.1, 0.15) is 20.9 Å². The first-order chi connectivity index (χ1) is 13.7. The molecule has 3 aromatic rings. The lowest BCUT2D eigenvalue weighted by atomic mass is 10.2. The molecule has 0 fully saturated rings. The summed E-state index contributed by atoms with van der Waals surface area (Å²) in [5, 5.41) is 14.0. The van der Waals surface area contributed by atoms with Gasteiger partial charge < -0.3 is 4.18 Å². The lowest BCUT2D eigenvalue weighted by Gasteiger charge is -2.08. The van der Waals surface area contributed by atoms with Crippen LogP contribution in [0.25, 0.3) is 0 Å². The van der Waals surface area contributed by atoms with Crippen LogP contribution in [0.4, 0.5) is 10.8 Å². The lowest BCUT2D eigenvalue weighted by Crippen LogP contribution is -2.12. The number of aryl methyl sites for hydroxylation is 2. The third-order valence-electron chi connectivity index (χ3n) is 3.89. The maximum atomic E-state index is 12.3. The van der Waals surface area contributed by atoms with Crippen LogP contribution in [0.3, 0.4) is 0 Å². The quantitative estimate of drug-likeness (QED) is 0.356. The van der Waals surface area contributed by atoms with Gasteiger partial charge in [0.15, 0.2) is 5.13 Å². The van der Waals surface area contributed by atoms with Crippen molar-refractivity contribution in [3.05, 3.63) is 74.8 Å². The predicted molar refractivity (Wildman–Crippen MR) is 107 cm³/mol. The predicted octanol–water partition coefficient (Wildman–Crippen LogP) is 3.69. The van der Waals surface area contributed by atoms with Gasteiger partial charge in [0.2, 0.25) is 0 Å². The normalized spacial score (nSPS) is 11.1. The van der Waals surface area contributed by atoms with E-state index < -0.39 is 20.9 Å². The van der Waals surface area contributed by atoms with E-state index in [4.69, 9.17) is 4.18 Å². The summed E-state index contributed by atoms with van der Waals surface area (Å²) in [6.45, 7) is 3.74. The fourth-order valence-electron chi connectivity index (χ4n) is 2.28. The number of benzene rings is 2. The van der Waals surface area contributed by atoms with Crippen molar-refractivity contribution in [1.29, 1.82) is 0 Å². The minimum absolute atomic E-state index is 0.0333. The number of nitro groups is 1. The second-order valence-corrected chi connectivity index (χ2v) is 8.68. The average molecular weight is 433 g/mol. The van der Waals surface area contributed by atoms with Crippen LogP contribution < -0.4 is 9.50 Å². The summed E-state index contributed by atoms with van der Waals surface area (Å²) in [6.07, 6.45) is 0. The van der Waals surface area contributed by atoms with Crippen molar-refractivity contribution in [1.82, 2.24) is 4.98 Å². The minimum Gasteiger partial charge on any atom is -0.379 e. The molecule has 1 N–H and O–H groups in total. The zero-order valence-electron chi connectivity index (χ0n) is 15.3. The van der Waals surface area contributed by atoms with E-state index in [1.165, 1.54) is 53.8 Å². The number of carbonyl (C=O) groups is 1. The molecule has 29 heavy (non-hydrogen) atoms. The SMILES string of the molecule is Cc1nc(NC(=O)c2ccc(OS(=O)(=O)c3cccc([N+](=O)[O-])c3)cc2)sc1C. The molecular weight excluding hydrogens is 418 g/mol. The summed E-state index contributed by atoms with van der Waals surface area (Å²) >= 11 is 1.35. The van der Waals surface area contributed by atoms with Crippen molar-refractivity contribution >= 4 is 38.2 Å². The van der Waals surface area contributed by atoms with Crippen LogP contribution in [0.5, 0.6) is 5.75 Å². The maximum Gasteiger partial charge on any atom is 0.339 e. The molecule has 1 aromatic heterocycles. The largest absolute Gasteiger partial charge is 0.379 e. The molecule has 0 spiro atoms. The zero-order chi connectivity index (χ0) is 21.2. The van der Waals surface area contributed by atoms with Crippen LogP contribution in [-0.2, 0) is 10.1 Å². The zero-order valence-corrected chi connectivity index (χ0v) is 16.9. The Kier molecular flexibility index (Phi) is 5.62. The van der Waals surface area contributed by atoms with Gasteiger partial charge in [-0.25, -0.2) is 4.98 Å². The number of hydrogen-bond acceptors (Lipinski definition) is 8. The molecule has 150 valence electrons. The number of thiazole rings is 1. The topological polar surface area (TPSA) is 128 Å². The van der Waals surface area contributed by atoms with Gasteiger partial charge in [-0.3, -0.25) is 20.2 Å². The molecule has 9 nitrogen and oxygen atoms in total. The van der Waals surface area contributed by atoms with Crippen LogP contribution in [0.2, 0.25) is 0 Å². The van der Waals surface area contributed by atoms with E-state index in [2.05, 4.69) is 10.3 Å². The average Bonchev–Trinajstić information content (AvgIpc) is 2.99. The Morgan fingerprint density at radius 2 is 1.86 bits per heavy atom. The van der Waals surface area contributed by atoms with Gasteiger partial charge in [0.05, 0.1) is 10.6 Å². The second-order valence-electron chi connectivity index (χ2n) is 5.93. The number of hydrogen-bond donors (Lipinski definition) is 1. The van der Waals surface area contributed by atoms with E-state index in [9.17, 15) is 23.3 Å². The van der Waals surface area contributed by atoms with Crippen molar-refractivity contribution in [3.63, 3.8) is 0 Å². The second kappa shape index (κ2) is 7.97. The molecule has 0 saturated carbocycles. The van der Waals surface area contributed by atoms with Crippen LogP contribution in [0.15, 0.2) is 53.4 Å². The van der Waals surface area contributed by atoms with Gasteiger partial charge in [-0.05, 0) is 44.2 Å². The molecule has 3 rings (SSSR count).